The molecule has 1 atom stereocenters. The predicted octanol–water partition coefficient (Wildman–Crippen LogP) is 4.77. The molecular weight excluding hydrogens is 387 g/mol. The molecule has 136 valence electrons. The number of benzene rings is 1. The van der Waals surface area contributed by atoms with E-state index in [1.54, 1.807) is 17.4 Å². The first-order chi connectivity index (χ1) is 12.9. The van der Waals surface area contributed by atoms with Crippen molar-refractivity contribution in [1.29, 1.82) is 5.26 Å². The molecule has 5 nitrogen and oxygen atoms in total. The summed E-state index contributed by atoms with van der Waals surface area (Å²) in [7, 11) is 0. The van der Waals surface area contributed by atoms with E-state index in [-0.39, 0.29) is 27.9 Å². The Balaban J connectivity index is 2.04. The Morgan fingerprint density at radius 3 is 2.78 bits per heavy atom. The zero-order chi connectivity index (χ0) is 19.3. The van der Waals surface area contributed by atoms with Crippen molar-refractivity contribution in [2.24, 2.45) is 5.73 Å². The number of allylic oxidation sites excluding steroid dienone is 1. The van der Waals surface area contributed by atoms with Gasteiger partial charge in [-0.25, -0.2) is 4.39 Å². The minimum absolute atomic E-state index is 0.0988. The van der Waals surface area contributed by atoms with Gasteiger partial charge in [0.25, 0.3) is 0 Å². The fraction of sp³-hybridized carbons (Fsp3) is 0.158. The van der Waals surface area contributed by atoms with Crippen LogP contribution in [0.5, 0.6) is 5.88 Å². The summed E-state index contributed by atoms with van der Waals surface area (Å²) in [4.78, 5) is 2.19. The van der Waals surface area contributed by atoms with Gasteiger partial charge in [-0.2, -0.15) is 5.26 Å². The number of H-pyrrole nitrogens is 1. The van der Waals surface area contributed by atoms with E-state index in [2.05, 4.69) is 16.3 Å². The number of hydrogen-bond donors (Lipinski definition) is 2. The second kappa shape index (κ2) is 6.41. The summed E-state index contributed by atoms with van der Waals surface area (Å²) in [6.07, 6.45) is 0. The Labute approximate surface area is 163 Å². The molecule has 27 heavy (non-hydrogen) atoms. The fourth-order valence-electron chi connectivity index (χ4n) is 3.40. The van der Waals surface area contributed by atoms with Crippen LogP contribution in [-0.4, -0.2) is 10.2 Å². The summed E-state index contributed by atoms with van der Waals surface area (Å²) >= 11 is 7.96. The minimum Gasteiger partial charge on any atom is -0.420 e. The maximum atomic E-state index is 14.8. The molecule has 1 aliphatic heterocycles. The van der Waals surface area contributed by atoms with E-state index in [1.807, 2.05) is 19.9 Å². The number of nitrogens with one attached hydrogen (secondary N) is 1. The van der Waals surface area contributed by atoms with Gasteiger partial charge in [-0.1, -0.05) is 17.7 Å². The Morgan fingerprint density at radius 1 is 1.37 bits per heavy atom. The molecule has 3 aromatic rings. The van der Waals surface area contributed by atoms with Crippen molar-refractivity contribution < 1.29 is 9.13 Å². The zero-order valence-corrected chi connectivity index (χ0v) is 16.0. The number of aromatic nitrogens is 2. The number of aromatic amines is 1. The number of ether oxygens (including phenoxy) is 1. The highest BCUT2D eigenvalue weighted by atomic mass is 35.5. The van der Waals surface area contributed by atoms with Crippen LogP contribution >= 0.6 is 22.9 Å². The number of nitrogens with two attached hydrogens (primary N) is 1. The van der Waals surface area contributed by atoms with Gasteiger partial charge in [-0.05, 0) is 32.0 Å². The van der Waals surface area contributed by atoms with Gasteiger partial charge in [0.2, 0.25) is 11.8 Å². The molecule has 0 bridgehead atoms. The van der Waals surface area contributed by atoms with Gasteiger partial charge >= 0.3 is 0 Å². The minimum atomic E-state index is -0.819. The smallest absolute Gasteiger partial charge is 0.244 e. The quantitative estimate of drug-likeness (QED) is 0.648. The molecule has 0 aliphatic carbocycles. The van der Waals surface area contributed by atoms with Gasteiger partial charge in [0.05, 0.1) is 17.2 Å². The van der Waals surface area contributed by atoms with Gasteiger partial charge in [-0.3, -0.25) is 5.10 Å². The van der Waals surface area contributed by atoms with Crippen LogP contribution in [0.1, 0.15) is 26.8 Å². The Kier molecular flexibility index (Phi) is 4.17. The summed E-state index contributed by atoms with van der Waals surface area (Å²) < 4.78 is 20.3. The second-order valence-electron chi connectivity index (χ2n) is 6.20. The molecule has 0 saturated carbocycles. The van der Waals surface area contributed by atoms with E-state index in [0.29, 0.717) is 11.3 Å². The van der Waals surface area contributed by atoms with Crippen molar-refractivity contribution in [2.75, 3.05) is 0 Å². The van der Waals surface area contributed by atoms with E-state index < -0.39 is 11.7 Å². The van der Waals surface area contributed by atoms with Gasteiger partial charge in [0.1, 0.15) is 17.5 Å². The monoisotopic (exact) mass is 400 g/mol. The molecule has 3 N–H and O–H groups in total. The number of rotatable bonds is 2. The average molecular weight is 401 g/mol. The molecule has 4 rings (SSSR count). The average Bonchev–Trinajstić information content (AvgIpc) is 3.16. The standard InChI is InChI=1S/C19H14ClFN4OS/c1-8-6-10(9(2)27-8)17-16-14(15-12(20)4-3-5-13(15)21)11(7-22)18(23)26-19(16)25-24-17/h3-6,14H,23H2,1-2H3,(H,24,25). The van der Waals surface area contributed by atoms with E-state index in [1.165, 1.54) is 12.1 Å². The zero-order valence-electron chi connectivity index (χ0n) is 14.4. The normalized spacial score (nSPS) is 16.0. The largest absolute Gasteiger partial charge is 0.420 e. The van der Waals surface area contributed by atoms with Crippen molar-refractivity contribution in [2.45, 2.75) is 19.8 Å². The molecule has 0 spiro atoms. The number of hydrogen-bond acceptors (Lipinski definition) is 5. The van der Waals surface area contributed by atoms with Crippen molar-refractivity contribution in [3.05, 3.63) is 67.4 Å². The van der Waals surface area contributed by atoms with Crippen LogP contribution in [0, 0.1) is 31.0 Å². The Hall–Kier alpha value is -2.82. The third-order valence-corrected chi connectivity index (χ3v) is 5.83. The maximum Gasteiger partial charge on any atom is 0.244 e. The lowest BCUT2D eigenvalue weighted by atomic mass is 9.82. The first-order valence-corrected chi connectivity index (χ1v) is 9.29. The summed E-state index contributed by atoms with van der Waals surface area (Å²) in [5.74, 6) is -1.23. The lowest BCUT2D eigenvalue weighted by Crippen LogP contribution is -2.21. The summed E-state index contributed by atoms with van der Waals surface area (Å²) in [5.41, 5.74) is 8.34. The van der Waals surface area contributed by atoms with Crippen LogP contribution in [-0.2, 0) is 0 Å². The molecule has 0 saturated heterocycles. The van der Waals surface area contributed by atoms with E-state index >= 15 is 0 Å². The van der Waals surface area contributed by atoms with E-state index in [9.17, 15) is 9.65 Å². The van der Waals surface area contributed by atoms with Gasteiger partial charge in [0.15, 0.2) is 0 Å². The summed E-state index contributed by atoms with van der Waals surface area (Å²) in [6, 6.07) is 8.47. The molecule has 2 aromatic heterocycles. The summed E-state index contributed by atoms with van der Waals surface area (Å²) in [6.45, 7) is 3.99. The number of thiophene rings is 1. The third-order valence-electron chi connectivity index (χ3n) is 4.54. The highest BCUT2D eigenvalue weighted by Gasteiger charge is 2.38. The number of aryl methyl sites for hydroxylation is 2. The van der Waals surface area contributed by atoms with Crippen LogP contribution < -0.4 is 10.5 Å². The SMILES string of the molecule is Cc1cc(-c2[nH]nc3c2C(c2c(F)cccc2Cl)C(C#N)=C(N)O3)c(C)s1. The maximum absolute atomic E-state index is 14.8. The molecular formula is C19H14ClFN4OS. The lowest BCUT2D eigenvalue weighted by Gasteiger charge is -2.25. The van der Waals surface area contributed by atoms with Gasteiger partial charge < -0.3 is 10.5 Å². The summed E-state index contributed by atoms with van der Waals surface area (Å²) in [5, 5.41) is 17.1. The molecule has 0 amide bonds. The van der Waals surface area contributed by atoms with Crippen molar-refractivity contribution >= 4 is 22.9 Å². The Bertz CT molecular complexity index is 1120. The number of nitrogens with zero attached hydrogens (tertiary/aromatic N) is 2. The van der Waals surface area contributed by atoms with E-state index in [0.717, 1.165) is 15.3 Å². The van der Waals surface area contributed by atoms with Crippen LogP contribution in [0.3, 0.4) is 0 Å². The van der Waals surface area contributed by atoms with Crippen LogP contribution in [0.15, 0.2) is 35.7 Å². The topological polar surface area (TPSA) is 87.7 Å². The highest BCUT2D eigenvalue weighted by molar-refractivity contribution is 7.12. The molecule has 8 heteroatoms. The van der Waals surface area contributed by atoms with Crippen molar-refractivity contribution in [3.8, 4) is 23.2 Å². The van der Waals surface area contributed by atoms with E-state index in [4.69, 9.17) is 22.1 Å². The molecule has 0 radical (unpaired) electrons. The van der Waals surface area contributed by atoms with Crippen LogP contribution in [0.2, 0.25) is 5.02 Å². The van der Waals surface area contributed by atoms with Crippen molar-refractivity contribution in [1.82, 2.24) is 10.2 Å². The fourth-order valence-corrected chi connectivity index (χ4v) is 4.61. The predicted molar refractivity (Wildman–Crippen MR) is 102 cm³/mol. The molecule has 1 unspecified atom stereocenters. The van der Waals surface area contributed by atoms with Crippen LogP contribution in [0.25, 0.3) is 11.3 Å². The molecule has 1 aliphatic rings. The molecule has 1 aromatic carbocycles. The Morgan fingerprint density at radius 2 is 2.15 bits per heavy atom. The lowest BCUT2D eigenvalue weighted by molar-refractivity contribution is 0.378. The van der Waals surface area contributed by atoms with Crippen LogP contribution in [0.4, 0.5) is 4.39 Å². The molecule has 0 fully saturated rings. The third kappa shape index (κ3) is 2.69. The second-order valence-corrected chi connectivity index (χ2v) is 8.07. The highest BCUT2D eigenvalue weighted by Crippen LogP contribution is 2.48. The van der Waals surface area contributed by atoms with Crippen molar-refractivity contribution in [3.63, 3.8) is 0 Å². The number of fused-ring (bicyclic) bond motifs is 1. The first kappa shape index (κ1) is 17.6. The number of nitriles is 1. The first-order valence-electron chi connectivity index (χ1n) is 8.09. The number of halogens is 2. The van der Waals surface area contributed by atoms with Gasteiger partial charge in [0, 0.05) is 25.9 Å². The molecule has 3 heterocycles. The van der Waals surface area contributed by atoms with Gasteiger partial charge in [-0.15, -0.1) is 16.4 Å².